The molecule has 2 aromatic rings. The SMILES string of the molecule is Cc1ncoc1C(=O)NCc1ccc(CN)cc1. The molecule has 0 aliphatic heterocycles. The maximum atomic E-state index is 11.8. The summed E-state index contributed by atoms with van der Waals surface area (Å²) in [7, 11) is 0. The van der Waals surface area contributed by atoms with Crippen molar-refractivity contribution in [1.29, 1.82) is 0 Å². The van der Waals surface area contributed by atoms with Crippen LogP contribution in [0.4, 0.5) is 0 Å². The lowest BCUT2D eigenvalue weighted by molar-refractivity contribution is 0.0922. The van der Waals surface area contributed by atoms with Gasteiger partial charge in [0, 0.05) is 13.1 Å². The molecule has 0 radical (unpaired) electrons. The number of amides is 1. The van der Waals surface area contributed by atoms with E-state index in [9.17, 15) is 4.79 Å². The van der Waals surface area contributed by atoms with Gasteiger partial charge in [-0.1, -0.05) is 24.3 Å². The van der Waals surface area contributed by atoms with Crippen LogP contribution in [0.1, 0.15) is 27.4 Å². The van der Waals surface area contributed by atoms with Crippen LogP contribution in [0, 0.1) is 6.92 Å². The monoisotopic (exact) mass is 245 g/mol. The minimum atomic E-state index is -0.257. The molecule has 1 heterocycles. The average molecular weight is 245 g/mol. The highest BCUT2D eigenvalue weighted by Gasteiger charge is 2.12. The van der Waals surface area contributed by atoms with Crippen LogP contribution in [-0.4, -0.2) is 10.9 Å². The standard InChI is InChI=1S/C13H15N3O2/c1-9-12(18-8-16-9)13(17)15-7-11-4-2-10(6-14)3-5-11/h2-5,8H,6-7,14H2,1H3,(H,15,17). The molecule has 0 saturated heterocycles. The number of carbonyl (C=O) groups excluding carboxylic acids is 1. The lowest BCUT2D eigenvalue weighted by Crippen LogP contribution is -2.23. The van der Waals surface area contributed by atoms with Gasteiger partial charge in [0.25, 0.3) is 5.91 Å². The van der Waals surface area contributed by atoms with Crippen LogP contribution in [0.5, 0.6) is 0 Å². The third-order valence-corrected chi connectivity index (χ3v) is 2.66. The summed E-state index contributed by atoms with van der Waals surface area (Å²) in [6.45, 7) is 2.70. The van der Waals surface area contributed by atoms with Crippen molar-refractivity contribution in [3.05, 3.63) is 53.2 Å². The summed E-state index contributed by atoms with van der Waals surface area (Å²) in [6, 6.07) is 7.77. The van der Waals surface area contributed by atoms with E-state index in [1.165, 1.54) is 6.39 Å². The molecule has 0 bridgehead atoms. The van der Waals surface area contributed by atoms with Crippen LogP contribution < -0.4 is 11.1 Å². The van der Waals surface area contributed by atoms with E-state index >= 15 is 0 Å². The van der Waals surface area contributed by atoms with E-state index in [0.29, 0.717) is 18.8 Å². The molecule has 0 atom stereocenters. The van der Waals surface area contributed by atoms with Crippen molar-refractivity contribution in [1.82, 2.24) is 10.3 Å². The van der Waals surface area contributed by atoms with Gasteiger partial charge in [-0.05, 0) is 18.1 Å². The second kappa shape index (κ2) is 5.46. The van der Waals surface area contributed by atoms with Crippen molar-refractivity contribution in [2.75, 3.05) is 0 Å². The molecule has 94 valence electrons. The number of aromatic nitrogens is 1. The Bertz CT molecular complexity index is 531. The number of benzene rings is 1. The van der Waals surface area contributed by atoms with Gasteiger partial charge in [0.2, 0.25) is 5.76 Å². The minimum absolute atomic E-state index is 0.257. The molecule has 2 rings (SSSR count). The molecule has 1 amide bonds. The van der Waals surface area contributed by atoms with Gasteiger partial charge in [0.05, 0.1) is 5.69 Å². The first-order valence-electron chi connectivity index (χ1n) is 5.67. The van der Waals surface area contributed by atoms with Crippen molar-refractivity contribution < 1.29 is 9.21 Å². The second-order valence-corrected chi connectivity index (χ2v) is 3.97. The minimum Gasteiger partial charge on any atom is -0.438 e. The van der Waals surface area contributed by atoms with Gasteiger partial charge in [-0.2, -0.15) is 0 Å². The molecule has 18 heavy (non-hydrogen) atoms. The zero-order valence-electron chi connectivity index (χ0n) is 10.1. The van der Waals surface area contributed by atoms with E-state index in [2.05, 4.69) is 10.3 Å². The first-order chi connectivity index (χ1) is 8.70. The van der Waals surface area contributed by atoms with E-state index in [1.807, 2.05) is 24.3 Å². The van der Waals surface area contributed by atoms with Gasteiger partial charge in [-0.3, -0.25) is 4.79 Å². The van der Waals surface area contributed by atoms with Crippen LogP contribution in [-0.2, 0) is 13.1 Å². The van der Waals surface area contributed by atoms with Crippen LogP contribution in [0.3, 0.4) is 0 Å². The highest BCUT2D eigenvalue weighted by atomic mass is 16.3. The first-order valence-corrected chi connectivity index (χ1v) is 5.67. The number of hydrogen-bond acceptors (Lipinski definition) is 4. The Labute approximate surface area is 105 Å². The highest BCUT2D eigenvalue weighted by Crippen LogP contribution is 2.06. The summed E-state index contributed by atoms with van der Waals surface area (Å²) in [5.74, 6) is 0.00137. The van der Waals surface area contributed by atoms with E-state index < -0.39 is 0 Å². The van der Waals surface area contributed by atoms with E-state index in [1.54, 1.807) is 6.92 Å². The van der Waals surface area contributed by atoms with Crippen LogP contribution >= 0.6 is 0 Å². The number of nitrogens with one attached hydrogen (secondary N) is 1. The summed E-state index contributed by atoms with van der Waals surface area (Å²) < 4.78 is 5.01. The summed E-state index contributed by atoms with van der Waals surface area (Å²) in [5.41, 5.74) is 8.18. The molecule has 5 nitrogen and oxygen atoms in total. The Hall–Kier alpha value is -2.14. The number of rotatable bonds is 4. The van der Waals surface area contributed by atoms with Crippen molar-refractivity contribution >= 4 is 5.91 Å². The molecular weight excluding hydrogens is 230 g/mol. The third-order valence-electron chi connectivity index (χ3n) is 2.66. The maximum absolute atomic E-state index is 11.8. The van der Waals surface area contributed by atoms with Gasteiger partial charge in [-0.15, -0.1) is 0 Å². The van der Waals surface area contributed by atoms with Crippen LogP contribution in [0.2, 0.25) is 0 Å². The molecule has 0 spiro atoms. The van der Waals surface area contributed by atoms with Crippen LogP contribution in [0.15, 0.2) is 35.1 Å². The molecule has 0 aliphatic carbocycles. The summed E-state index contributed by atoms with van der Waals surface area (Å²) >= 11 is 0. The Morgan fingerprint density at radius 3 is 2.56 bits per heavy atom. The summed E-state index contributed by atoms with van der Waals surface area (Å²) in [5, 5.41) is 2.78. The predicted octanol–water partition coefficient (Wildman–Crippen LogP) is 1.37. The second-order valence-electron chi connectivity index (χ2n) is 3.97. The molecule has 1 aromatic heterocycles. The Morgan fingerprint density at radius 2 is 2.00 bits per heavy atom. The summed E-state index contributed by atoms with van der Waals surface area (Å²) in [6.07, 6.45) is 1.26. The van der Waals surface area contributed by atoms with Crippen LogP contribution in [0.25, 0.3) is 0 Å². The average Bonchev–Trinajstić information content (AvgIpc) is 2.83. The number of oxazole rings is 1. The lowest BCUT2D eigenvalue weighted by Gasteiger charge is -2.04. The molecule has 0 aliphatic rings. The van der Waals surface area contributed by atoms with E-state index in [-0.39, 0.29) is 11.7 Å². The Morgan fingerprint density at radius 1 is 1.33 bits per heavy atom. The molecule has 0 fully saturated rings. The summed E-state index contributed by atoms with van der Waals surface area (Å²) in [4.78, 5) is 15.6. The van der Waals surface area contributed by atoms with Crippen molar-refractivity contribution in [3.63, 3.8) is 0 Å². The number of hydrogen-bond donors (Lipinski definition) is 2. The van der Waals surface area contributed by atoms with Gasteiger partial charge in [0.15, 0.2) is 6.39 Å². The van der Waals surface area contributed by atoms with Gasteiger partial charge < -0.3 is 15.5 Å². The Kier molecular flexibility index (Phi) is 3.74. The Balaban J connectivity index is 1.95. The smallest absolute Gasteiger partial charge is 0.289 e. The normalized spacial score (nSPS) is 10.3. The topological polar surface area (TPSA) is 81.2 Å². The molecule has 3 N–H and O–H groups in total. The molecule has 0 saturated carbocycles. The number of nitrogens with zero attached hydrogens (tertiary/aromatic N) is 1. The van der Waals surface area contributed by atoms with Crippen molar-refractivity contribution in [3.8, 4) is 0 Å². The zero-order chi connectivity index (χ0) is 13.0. The van der Waals surface area contributed by atoms with Crippen molar-refractivity contribution in [2.24, 2.45) is 5.73 Å². The third kappa shape index (κ3) is 2.75. The first kappa shape index (κ1) is 12.3. The number of nitrogens with two attached hydrogens (primary N) is 1. The van der Waals surface area contributed by atoms with Gasteiger partial charge in [0.1, 0.15) is 0 Å². The fourth-order valence-corrected chi connectivity index (χ4v) is 1.58. The fraction of sp³-hybridized carbons (Fsp3) is 0.231. The molecule has 5 heteroatoms. The van der Waals surface area contributed by atoms with Crippen molar-refractivity contribution in [2.45, 2.75) is 20.0 Å². The van der Waals surface area contributed by atoms with Gasteiger partial charge in [-0.25, -0.2) is 4.98 Å². The maximum Gasteiger partial charge on any atom is 0.289 e. The number of aryl methyl sites for hydroxylation is 1. The highest BCUT2D eigenvalue weighted by molar-refractivity contribution is 5.92. The van der Waals surface area contributed by atoms with Gasteiger partial charge >= 0.3 is 0 Å². The van der Waals surface area contributed by atoms with E-state index in [4.69, 9.17) is 10.2 Å². The largest absolute Gasteiger partial charge is 0.438 e. The quantitative estimate of drug-likeness (QED) is 0.852. The number of carbonyl (C=O) groups is 1. The molecule has 0 unspecified atom stereocenters. The lowest BCUT2D eigenvalue weighted by atomic mass is 10.1. The predicted molar refractivity (Wildman–Crippen MR) is 66.7 cm³/mol. The molecular formula is C13H15N3O2. The molecule has 1 aromatic carbocycles. The fourth-order valence-electron chi connectivity index (χ4n) is 1.58. The zero-order valence-corrected chi connectivity index (χ0v) is 10.1. The van der Waals surface area contributed by atoms with E-state index in [0.717, 1.165) is 11.1 Å².